The van der Waals surface area contributed by atoms with Crippen molar-refractivity contribution < 1.29 is 13.9 Å². The standard InChI is InChI=1S/C27H21BrN2O4S/c1-15-24(16(2)31)25(18-6-10-20(33-3)11-7-18)30-26(32)23(35-27(30)29-15)14-21-12-13-22(34-21)17-4-8-19(28)9-5-17/h4-14,25H,1-3H3/b23-14+/t25-/m1/s1. The van der Waals surface area contributed by atoms with Crippen molar-refractivity contribution in [3.05, 3.63) is 107 Å². The predicted octanol–water partition coefficient (Wildman–Crippen LogP) is 4.86. The molecule has 6 nitrogen and oxygen atoms in total. The Morgan fingerprint density at radius 3 is 2.49 bits per heavy atom. The molecule has 5 rings (SSSR count). The second-order valence-corrected chi connectivity index (χ2v) is 10.0. The average Bonchev–Trinajstić information content (AvgIpc) is 3.43. The molecule has 176 valence electrons. The number of methoxy groups -OCH3 is 1. The zero-order chi connectivity index (χ0) is 24.7. The highest BCUT2D eigenvalue weighted by molar-refractivity contribution is 9.10. The summed E-state index contributed by atoms with van der Waals surface area (Å²) in [6.45, 7) is 3.31. The van der Waals surface area contributed by atoms with Crippen LogP contribution >= 0.6 is 27.3 Å². The molecule has 0 bridgehead atoms. The molecule has 0 radical (unpaired) electrons. The lowest BCUT2D eigenvalue weighted by molar-refractivity contribution is -0.114. The summed E-state index contributed by atoms with van der Waals surface area (Å²) < 4.78 is 14.3. The van der Waals surface area contributed by atoms with Crippen LogP contribution < -0.4 is 19.6 Å². The van der Waals surface area contributed by atoms with Crippen LogP contribution in [-0.2, 0) is 4.79 Å². The van der Waals surface area contributed by atoms with Gasteiger partial charge in [-0.25, -0.2) is 4.99 Å². The Bertz CT molecular complexity index is 1640. The van der Waals surface area contributed by atoms with Gasteiger partial charge in [-0.2, -0.15) is 0 Å². The number of halogens is 1. The Balaban J connectivity index is 1.62. The zero-order valence-electron chi connectivity index (χ0n) is 19.2. The van der Waals surface area contributed by atoms with E-state index in [0.29, 0.717) is 37.9 Å². The first kappa shape index (κ1) is 23.3. The van der Waals surface area contributed by atoms with E-state index in [2.05, 4.69) is 20.9 Å². The number of carbonyl (C=O) groups excluding carboxylic acids is 1. The highest BCUT2D eigenvalue weighted by Gasteiger charge is 2.30. The maximum Gasteiger partial charge on any atom is 0.271 e. The van der Waals surface area contributed by atoms with Crippen molar-refractivity contribution in [3.8, 4) is 17.1 Å². The summed E-state index contributed by atoms with van der Waals surface area (Å²) >= 11 is 4.72. The molecule has 1 aliphatic heterocycles. The molecule has 0 saturated carbocycles. The van der Waals surface area contributed by atoms with E-state index in [4.69, 9.17) is 9.15 Å². The highest BCUT2D eigenvalue weighted by atomic mass is 79.9. The van der Waals surface area contributed by atoms with E-state index in [-0.39, 0.29) is 11.3 Å². The van der Waals surface area contributed by atoms with Crippen molar-refractivity contribution in [1.82, 2.24) is 4.57 Å². The van der Waals surface area contributed by atoms with Gasteiger partial charge in [-0.1, -0.05) is 51.5 Å². The monoisotopic (exact) mass is 548 g/mol. The molecule has 0 N–H and O–H groups in total. The van der Waals surface area contributed by atoms with Crippen molar-refractivity contribution in [3.63, 3.8) is 0 Å². The minimum absolute atomic E-state index is 0.119. The second kappa shape index (κ2) is 9.28. The van der Waals surface area contributed by atoms with Gasteiger partial charge < -0.3 is 9.15 Å². The van der Waals surface area contributed by atoms with E-state index in [1.165, 1.54) is 18.3 Å². The number of Topliss-reactive ketones (excluding diaryl/α,β-unsaturated/α-hetero) is 1. The number of furan rings is 1. The fourth-order valence-corrected chi connectivity index (χ4v) is 5.49. The van der Waals surface area contributed by atoms with E-state index in [0.717, 1.165) is 15.6 Å². The van der Waals surface area contributed by atoms with Gasteiger partial charge in [0, 0.05) is 27.4 Å². The van der Waals surface area contributed by atoms with Crippen molar-refractivity contribution in [2.24, 2.45) is 4.99 Å². The molecule has 0 aliphatic carbocycles. The Morgan fingerprint density at radius 1 is 1.11 bits per heavy atom. The quantitative estimate of drug-likeness (QED) is 0.357. The molecule has 0 saturated heterocycles. The summed E-state index contributed by atoms with van der Waals surface area (Å²) in [5, 5.41) is 0. The van der Waals surface area contributed by atoms with E-state index >= 15 is 0 Å². The smallest absolute Gasteiger partial charge is 0.271 e. The van der Waals surface area contributed by atoms with Crippen molar-refractivity contribution in [1.29, 1.82) is 0 Å². The lowest BCUT2D eigenvalue weighted by Gasteiger charge is -2.24. The number of allylic oxidation sites excluding steroid dienone is 2. The molecular weight excluding hydrogens is 528 g/mol. The number of aromatic nitrogens is 1. The van der Waals surface area contributed by atoms with Crippen molar-refractivity contribution in [2.45, 2.75) is 19.9 Å². The molecule has 4 aromatic rings. The molecule has 1 atom stereocenters. The molecule has 35 heavy (non-hydrogen) atoms. The number of thiazole rings is 1. The molecular formula is C27H21BrN2O4S. The number of nitrogens with zero attached hydrogens (tertiary/aromatic N) is 2. The van der Waals surface area contributed by atoms with Gasteiger partial charge in [0.05, 0.1) is 17.7 Å². The topological polar surface area (TPSA) is 73.8 Å². The molecule has 2 aromatic carbocycles. The van der Waals surface area contributed by atoms with Crippen LogP contribution in [-0.4, -0.2) is 17.5 Å². The van der Waals surface area contributed by atoms with Crippen LogP contribution in [0.2, 0.25) is 0 Å². The minimum atomic E-state index is -0.563. The Labute approximate surface area is 213 Å². The van der Waals surface area contributed by atoms with Gasteiger partial charge in [-0.05, 0) is 55.8 Å². The first-order valence-electron chi connectivity index (χ1n) is 10.9. The first-order chi connectivity index (χ1) is 16.9. The van der Waals surface area contributed by atoms with E-state index in [1.54, 1.807) is 24.7 Å². The summed E-state index contributed by atoms with van der Waals surface area (Å²) in [7, 11) is 1.60. The van der Waals surface area contributed by atoms with Gasteiger partial charge >= 0.3 is 0 Å². The van der Waals surface area contributed by atoms with Gasteiger partial charge in [0.15, 0.2) is 10.6 Å². The third kappa shape index (κ3) is 4.35. The van der Waals surface area contributed by atoms with Crippen LogP contribution in [0.4, 0.5) is 0 Å². The Kier molecular flexibility index (Phi) is 6.17. The summed E-state index contributed by atoms with van der Waals surface area (Å²) in [6, 6.07) is 18.4. The first-order valence-corrected chi connectivity index (χ1v) is 12.5. The van der Waals surface area contributed by atoms with Crippen LogP contribution in [0.1, 0.15) is 31.2 Å². The largest absolute Gasteiger partial charge is 0.497 e. The SMILES string of the molecule is COc1ccc([C@@H]2C(C(C)=O)=C(C)N=c3s/c(=C/c4ccc(-c5ccc(Br)cc5)o4)c(=O)n32)cc1. The van der Waals surface area contributed by atoms with E-state index in [9.17, 15) is 9.59 Å². The molecule has 0 spiro atoms. The summed E-state index contributed by atoms with van der Waals surface area (Å²) in [5.74, 6) is 1.86. The van der Waals surface area contributed by atoms with Crippen molar-refractivity contribution in [2.75, 3.05) is 7.11 Å². The maximum absolute atomic E-state index is 13.6. The van der Waals surface area contributed by atoms with Gasteiger partial charge in [-0.15, -0.1) is 0 Å². The minimum Gasteiger partial charge on any atom is -0.497 e. The number of hydrogen-bond acceptors (Lipinski definition) is 6. The Hall–Kier alpha value is -3.49. The third-order valence-corrected chi connectivity index (χ3v) is 7.37. The Morgan fingerprint density at radius 2 is 1.83 bits per heavy atom. The average molecular weight is 549 g/mol. The normalized spacial score (nSPS) is 15.7. The van der Waals surface area contributed by atoms with Gasteiger partial charge in [0.1, 0.15) is 17.3 Å². The number of ether oxygens (including phenoxy) is 1. The van der Waals surface area contributed by atoms with Crippen LogP contribution in [0.3, 0.4) is 0 Å². The van der Waals surface area contributed by atoms with Gasteiger partial charge in [0.2, 0.25) is 0 Å². The van der Waals surface area contributed by atoms with E-state index in [1.807, 2.05) is 60.7 Å². The molecule has 1 aliphatic rings. The van der Waals surface area contributed by atoms with Crippen LogP contribution in [0.5, 0.6) is 5.75 Å². The second-order valence-electron chi connectivity index (χ2n) is 8.12. The summed E-state index contributed by atoms with van der Waals surface area (Å²) in [5.41, 5.74) is 2.65. The number of ketones is 1. The zero-order valence-corrected chi connectivity index (χ0v) is 21.6. The fraction of sp³-hybridized carbons (Fsp3) is 0.148. The van der Waals surface area contributed by atoms with Gasteiger partial charge in [-0.3, -0.25) is 14.2 Å². The summed E-state index contributed by atoms with van der Waals surface area (Å²) in [6.07, 6.45) is 1.73. The fourth-order valence-electron chi connectivity index (χ4n) is 4.20. The number of carbonyl (C=O) groups is 1. The van der Waals surface area contributed by atoms with Crippen LogP contribution in [0.25, 0.3) is 17.4 Å². The third-order valence-electron chi connectivity index (χ3n) is 5.86. The molecule has 0 amide bonds. The number of fused-ring (bicyclic) bond motifs is 1. The van der Waals surface area contributed by atoms with E-state index < -0.39 is 6.04 Å². The lowest BCUT2D eigenvalue weighted by Crippen LogP contribution is -2.39. The molecule has 2 aromatic heterocycles. The predicted molar refractivity (Wildman–Crippen MR) is 139 cm³/mol. The van der Waals surface area contributed by atoms with Gasteiger partial charge in [0.25, 0.3) is 5.56 Å². The molecule has 0 fully saturated rings. The van der Waals surface area contributed by atoms with Crippen molar-refractivity contribution >= 4 is 39.1 Å². The molecule has 8 heteroatoms. The summed E-state index contributed by atoms with van der Waals surface area (Å²) in [4.78, 5) is 31.4. The van der Waals surface area contributed by atoms with Crippen LogP contribution in [0, 0.1) is 0 Å². The molecule has 3 heterocycles. The maximum atomic E-state index is 13.6. The molecule has 0 unspecified atom stereocenters. The number of rotatable bonds is 5. The highest BCUT2D eigenvalue weighted by Crippen LogP contribution is 2.31. The van der Waals surface area contributed by atoms with Crippen LogP contribution in [0.15, 0.2) is 90.6 Å². The number of benzene rings is 2. The lowest BCUT2D eigenvalue weighted by atomic mass is 9.93. The number of hydrogen-bond donors (Lipinski definition) is 0.